The Morgan fingerprint density at radius 2 is 1.88 bits per heavy atom. The maximum atomic E-state index is 10.5. The van der Waals surface area contributed by atoms with E-state index in [0.717, 1.165) is 24.2 Å². The van der Waals surface area contributed by atoms with Crippen LogP contribution in [0.4, 0.5) is 0 Å². The highest BCUT2D eigenvalue weighted by Crippen LogP contribution is 2.30. The zero-order valence-corrected chi connectivity index (χ0v) is 11.4. The summed E-state index contributed by atoms with van der Waals surface area (Å²) in [5.74, 6) is 1.36. The van der Waals surface area contributed by atoms with Gasteiger partial charge in [-0.1, -0.05) is 38.8 Å². The van der Waals surface area contributed by atoms with Crippen molar-refractivity contribution >= 4 is 0 Å². The van der Waals surface area contributed by atoms with Crippen LogP contribution in [0.3, 0.4) is 0 Å². The molecule has 0 fully saturated rings. The van der Waals surface area contributed by atoms with Gasteiger partial charge in [-0.15, -0.1) is 0 Å². The van der Waals surface area contributed by atoms with Gasteiger partial charge in [0.25, 0.3) is 0 Å². The van der Waals surface area contributed by atoms with Gasteiger partial charge >= 0.3 is 0 Å². The number of ether oxygens (including phenoxy) is 1. The Labute approximate surface area is 105 Å². The first kappa shape index (κ1) is 14.0. The smallest absolute Gasteiger partial charge is 0.118 e. The van der Waals surface area contributed by atoms with Gasteiger partial charge in [0.2, 0.25) is 0 Å². The molecule has 1 N–H and O–H groups in total. The number of aliphatic hydroxyl groups is 1. The van der Waals surface area contributed by atoms with E-state index in [-0.39, 0.29) is 0 Å². The van der Waals surface area contributed by atoms with Crippen molar-refractivity contribution in [1.82, 2.24) is 0 Å². The van der Waals surface area contributed by atoms with E-state index >= 15 is 0 Å². The first-order chi connectivity index (χ1) is 7.99. The molecule has 0 aromatic heterocycles. The van der Waals surface area contributed by atoms with Crippen molar-refractivity contribution in [3.05, 3.63) is 29.8 Å². The monoisotopic (exact) mass is 236 g/mol. The minimum Gasteiger partial charge on any atom is -0.497 e. The van der Waals surface area contributed by atoms with Crippen LogP contribution in [0, 0.1) is 5.92 Å². The van der Waals surface area contributed by atoms with Gasteiger partial charge in [-0.25, -0.2) is 0 Å². The first-order valence-corrected chi connectivity index (χ1v) is 6.36. The highest BCUT2D eigenvalue weighted by atomic mass is 16.5. The molecule has 0 heterocycles. The Hall–Kier alpha value is -1.02. The summed E-state index contributed by atoms with van der Waals surface area (Å²) in [5.41, 5.74) is 0.210. The van der Waals surface area contributed by atoms with Gasteiger partial charge < -0.3 is 9.84 Å². The van der Waals surface area contributed by atoms with Gasteiger partial charge in [-0.3, -0.25) is 0 Å². The molecule has 2 atom stereocenters. The molecule has 2 nitrogen and oxygen atoms in total. The summed E-state index contributed by atoms with van der Waals surface area (Å²) in [5, 5.41) is 10.5. The molecule has 96 valence electrons. The molecule has 2 heteroatoms. The number of methoxy groups -OCH3 is 1. The summed E-state index contributed by atoms with van der Waals surface area (Å²) in [6, 6.07) is 7.68. The fourth-order valence-corrected chi connectivity index (χ4v) is 2.34. The van der Waals surface area contributed by atoms with E-state index in [1.54, 1.807) is 7.11 Å². The van der Waals surface area contributed by atoms with E-state index in [2.05, 4.69) is 13.8 Å². The Balaban J connectivity index is 2.73. The van der Waals surface area contributed by atoms with Crippen molar-refractivity contribution in [2.45, 2.75) is 45.6 Å². The van der Waals surface area contributed by atoms with Gasteiger partial charge in [0.1, 0.15) is 5.75 Å². The molecule has 0 aliphatic heterocycles. The molecule has 0 aliphatic carbocycles. The molecule has 0 aliphatic rings. The van der Waals surface area contributed by atoms with E-state index < -0.39 is 5.60 Å². The van der Waals surface area contributed by atoms with Crippen molar-refractivity contribution in [1.29, 1.82) is 0 Å². The van der Waals surface area contributed by atoms with E-state index in [0.29, 0.717) is 5.92 Å². The molecular formula is C15H24O2. The quantitative estimate of drug-likeness (QED) is 0.815. The third kappa shape index (κ3) is 4.04. The largest absolute Gasteiger partial charge is 0.497 e. The Kier molecular flexibility index (Phi) is 5.01. The lowest BCUT2D eigenvalue weighted by Gasteiger charge is -2.27. The van der Waals surface area contributed by atoms with Crippen LogP contribution in [0.5, 0.6) is 5.75 Å². The van der Waals surface area contributed by atoms with Crippen LogP contribution < -0.4 is 4.74 Å². The average molecular weight is 236 g/mol. The zero-order chi connectivity index (χ0) is 12.9. The van der Waals surface area contributed by atoms with Crippen molar-refractivity contribution < 1.29 is 9.84 Å². The van der Waals surface area contributed by atoms with E-state index in [9.17, 15) is 5.11 Å². The fourth-order valence-electron chi connectivity index (χ4n) is 2.34. The number of hydrogen-bond acceptors (Lipinski definition) is 2. The first-order valence-electron chi connectivity index (χ1n) is 6.36. The van der Waals surface area contributed by atoms with Gasteiger partial charge in [0.05, 0.1) is 12.7 Å². The maximum Gasteiger partial charge on any atom is 0.118 e. The van der Waals surface area contributed by atoms with E-state index in [4.69, 9.17) is 4.74 Å². The van der Waals surface area contributed by atoms with E-state index in [1.165, 1.54) is 6.42 Å². The summed E-state index contributed by atoms with van der Waals surface area (Å²) in [6.45, 7) is 6.26. The Morgan fingerprint density at radius 1 is 1.29 bits per heavy atom. The predicted octanol–water partition coefficient (Wildman–Crippen LogP) is 3.73. The van der Waals surface area contributed by atoms with Crippen LogP contribution >= 0.6 is 0 Å². The molecule has 0 spiro atoms. The Morgan fingerprint density at radius 3 is 2.35 bits per heavy atom. The molecule has 0 amide bonds. The van der Waals surface area contributed by atoms with Crippen molar-refractivity contribution in [2.75, 3.05) is 7.11 Å². The maximum absolute atomic E-state index is 10.5. The highest BCUT2D eigenvalue weighted by molar-refractivity contribution is 5.30. The summed E-state index contributed by atoms with van der Waals surface area (Å²) in [4.78, 5) is 0. The molecule has 0 saturated heterocycles. The second-order valence-electron chi connectivity index (χ2n) is 5.10. The Bertz CT molecular complexity index is 327. The van der Waals surface area contributed by atoms with Gasteiger partial charge in [0.15, 0.2) is 0 Å². The molecule has 0 saturated carbocycles. The second kappa shape index (κ2) is 6.06. The van der Waals surface area contributed by atoms with Crippen LogP contribution in [-0.2, 0) is 5.60 Å². The SMILES string of the molecule is CCCC(C)CC(C)(O)c1ccc(OC)cc1. The standard InChI is InChI=1S/C15H24O2/c1-5-6-12(2)11-15(3,16)13-7-9-14(17-4)10-8-13/h7-10,12,16H,5-6,11H2,1-4H3. The predicted molar refractivity (Wildman–Crippen MR) is 71.3 cm³/mol. The molecular weight excluding hydrogens is 212 g/mol. The molecule has 2 unspecified atom stereocenters. The van der Waals surface area contributed by atoms with Gasteiger partial charge in [-0.05, 0) is 37.0 Å². The zero-order valence-electron chi connectivity index (χ0n) is 11.4. The number of hydrogen-bond donors (Lipinski definition) is 1. The topological polar surface area (TPSA) is 29.5 Å². The molecule has 0 radical (unpaired) electrons. The van der Waals surface area contributed by atoms with Gasteiger partial charge in [0, 0.05) is 0 Å². The highest BCUT2D eigenvalue weighted by Gasteiger charge is 2.25. The summed E-state index contributed by atoms with van der Waals surface area (Å²) < 4.78 is 5.12. The van der Waals surface area contributed by atoms with Crippen LogP contribution in [0.15, 0.2) is 24.3 Å². The van der Waals surface area contributed by atoms with Crippen LogP contribution in [0.1, 0.15) is 45.6 Å². The third-order valence-corrected chi connectivity index (χ3v) is 3.24. The van der Waals surface area contributed by atoms with Crippen LogP contribution in [0.25, 0.3) is 0 Å². The number of rotatable bonds is 6. The minimum absolute atomic E-state index is 0.539. The molecule has 1 aromatic rings. The lowest BCUT2D eigenvalue weighted by molar-refractivity contribution is 0.0311. The lowest BCUT2D eigenvalue weighted by atomic mass is 9.85. The van der Waals surface area contributed by atoms with Crippen LogP contribution in [-0.4, -0.2) is 12.2 Å². The molecule has 17 heavy (non-hydrogen) atoms. The molecule has 1 aromatic carbocycles. The molecule has 0 bridgehead atoms. The summed E-state index contributed by atoms with van der Waals surface area (Å²) in [6.07, 6.45) is 3.12. The average Bonchev–Trinajstić information content (AvgIpc) is 2.28. The van der Waals surface area contributed by atoms with Crippen LogP contribution in [0.2, 0.25) is 0 Å². The van der Waals surface area contributed by atoms with Crippen molar-refractivity contribution in [2.24, 2.45) is 5.92 Å². The lowest BCUT2D eigenvalue weighted by Crippen LogP contribution is -2.24. The fraction of sp³-hybridized carbons (Fsp3) is 0.600. The third-order valence-electron chi connectivity index (χ3n) is 3.24. The molecule has 1 rings (SSSR count). The second-order valence-corrected chi connectivity index (χ2v) is 5.10. The minimum atomic E-state index is -0.749. The van der Waals surface area contributed by atoms with Crippen molar-refractivity contribution in [3.8, 4) is 5.75 Å². The summed E-state index contributed by atoms with van der Waals surface area (Å²) in [7, 11) is 1.65. The van der Waals surface area contributed by atoms with Crippen molar-refractivity contribution in [3.63, 3.8) is 0 Å². The van der Waals surface area contributed by atoms with Gasteiger partial charge in [-0.2, -0.15) is 0 Å². The normalized spacial score (nSPS) is 16.3. The summed E-state index contributed by atoms with van der Waals surface area (Å²) >= 11 is 0. The number of benzene rings is 1. The van der Waals surface area contributed by atoms with E-state index in [1.807, 2.05) is 31.2 Å².